The summed E-state index contributed by atoms with van der Waals surface area (Å²) < 4.78 is 37.9. The van der Waals surface area contributed by atoms with Gasteiger partial charge in [-0.2, -0.15) is 13.2 Å². The molecule has 1 aliphatic rings. The van der Waals surface area contributed by atoms with Gasteiger partial charge in [-0.3, -0.25) is 4.99 Å². The maximum Gasteiger partial charge on any atom is 0.397 e. The fourth-order valence-electron chi connectivity index (χ4n) is 1.53. The molecule has 0 bridgehead atoms. The van der Waals surface area contributed by atoms with Crippen molar-refractivity contribution in [1.82, 2.24) is 5.32 Å². The lowest BCUT2D eigenvalue weighted by molar-refractivity contribution is -0.158. The van der Waals surface area contributed by atoms with Gasteiger partial charge < -0.3 is 16.8 Å². The van der Waals surface area contributed by atoms with Gasteiger partial charge in [0.05, 0.1) is 6.54 Å². The second-order valence-corrected chi connectivity index (χ2v) is 3.95. The van der Waals surface area contributed by atoms with Gasteiger partial charge in [-0.25, -0.2) is 0 Å². The Kier molecular flexibility index (Phi) is 3.35. The minimum atomic E-state index is -4.37. The molecule has 0 fully saturated rings. The summed E-state index contributed by atoms with van der Waals surface area (Å²) in [4.78, 5) is 3.59. The Morgan fingerprint density at radius 1 is 1.50 bits per heavy atom. The molecule has 5 N–H and O–H groups in total. The SMILES string of the molecule is CC(C)NC(N)=C1C(N)=NCC1C(F)(F)F. The molecule has 7 heteroatoms. The van der Waals surface area contributed by atoms with Crippen molar-refractivity contribution < 1.29 is 13.2 Å². The third kappa shape index (κ3) is 2.59. The highest BCUT2D eigenvalue weighted by Gasteiger charge is 2.46. The molecule has 0 saturated heterocycles. The highest BCUT2D eigenvalue weighted by molar-refractivity contribution is 5.99. The number of hydrogen-bond donors (Lipinski definition) is 3. The van der Waals surface area contributed by atoms with Crippen LogP contribution < -0.4 is 16.8 Å². The van der Waals surface area contributed by atoms with Crippen molar-refractivity contribution in [3.05, 3.63) is 11.4 Å². The average molecular weight is 236 g/mol. The van der Waals surface area contributed by atoms with Gasteiger partial charge in [0.25, 0.3) is 0 Å². The van der Waals surface area contributed by atoms with E-state index in [-0.39, 0.29) is 29.8 Å². The maximum absolute atomic E-state index is 12.6. The Labute approximate surface area is 91.6 Å². The number of nitrogens with one attached hydrogen (secondary N) is 1. The summed E-state index contributed by atoms with van der Waals surface area (Å²) in [6.07, 6.45) is -4.37. The average Bonchev–Trinajstić information content (AvgIpc) is 2.44. The summed E-state index contributed by atoms with van der Waals surface area (Å²) in [5.74, 6) is -1.87. The van der Waals surface area contributed by atoms with E-state index in [0.717, 1.165) is 0 Å². The number of alkyl halides is 3. The Hall–Kier alpha value is -1.40. The molecule has 4 nitrogen and oxygen atoms in total. The highest BCUT2D eigenvalue weighted by atomic mass is 19.4. The predicted octanol–water partition coefficient (Wildman–Crippen LogP) is 0.704. The zero-order chi connectivity index (χ0) is 12.5. The van der Waals surface area contributed by atoms with E-state index in [0.29, 0.717) is 0 Å². The van der Waals surface area contributed by atoms with E-state index in [1.165, 1.54) is 0 Å². The summed E-state index contributed by atoms with van der Waals surface area (Å²) >= 11 is 0. The summed E-state index contributed by atoms with van der Waals surface area (Å²) in [5.41, 5.74) is 10.8. The van der Waals surface area contributed by atoms with Crippen LogP contribution in [0.5, 0.6) is 0 Å². The topological polar surface area (TPSA) is 76.4 Å². The lowest BCUT2D eigenvalue weighted by Gasteiger charge is -2.19. The number of halogens is 3. The van der Waals surface area contributed by atoms with Crippen LogP contribution in [0.15, 0.2) is 16.4 Å². The van der Waals surface area contributed by atoms with Gasteiger partial charge in [0, 0.05) is 11.6 Å². The molecule has 0 aliphatic carbocycles. The molecule has 1 atom stereocenters. The molecule has 1 heterocycles. The largest absolute Gasteiger partial charge is 0.397 e. The molecule has 0 aromatic carbocycles. The quantitative estimate of drug-likeness (QED) is 0.660. The smallest absolute Gasteiger partial charge is 0.385 e. The molecule has 0 aromatic rings. The van der Waals surface area contributed by atoms with Gasteiger partial charge in [-0.1, -0.05) is 0 Å². The molecule has 1 unspecified atom stereocenters. The maximum atomic E-state index is 12.6. The Morgan fingerprint density at radius 3 is 2.50 bits per heavy atom. The Bertz CT molecular complexity index is 330. The number of hydrogen-bond acceptors (Lipinski definition) is 4. The van der Waals surface area contributed by atoms with E-state index < -0.39 is 12.1 Å². The number of aliphatic imine (C=N–C) groups is 1. The molecular formula is C9H15F3N4. The van der Waals surface area contributed by atoms with E-state index >= 15 is 0 Å². The minimum absolute atomic E-state index is 0.0453. The molecule has 0 amide bonds. The summed E-state index contributed by atoms with van der Waals surface area (Å²) in [5, 5.41) is 2.71. The van der Waals surface area contributed by atoms with Crippen molar-refractivity contribution in [2.24, 2.45) is 22.4 Å². The van der Waals surface area contributed by atoms with Crippen LogP contribution in [-0.4, -0.2) is 24.6 Å². The van der Waals surface area contributed by atoms with Crippen molar-refractivity contribution in [1.29, 1.82) is 0 Å². The standard InChI is InChI=1S/C9H15F3N4/c1-4(2)16-8(14)6-5(9(10,11)12)3-15-7(6)13/h4-5,16H,3,14H2,1-2H3,(H2,13,15). The summed E-state index contributed by atoms with van der Waals surface area (Å²) in [6.45, 7) is 3.17. The third-order valence-electron chi connectivity index (χ3n) is 2.20. The van der Waals surface area contributed by atoms with Crippen molar-refractivity contribution in [3.63, 3.8) is 0 Å². The molecule has 0 radical (unpaired) electrons. The lowest BCUT2D eigenvalue weighted by atomic mass is 10.0. The first-order chi connectivity index (χ1) is 7.23. The van der Waals surface area contributed by atoms with E-state index in [1.54, 1.807) is 13.8 Å². The number of nitrogens with two attached hydrogens (primary N) is 2. The van der Waals surface area contributed by atoms with Gasteiger partial charge in [-0.15, -0.1) is 0 Å². The lowest BCUT2D eigenvalue weighted by Crippen LogP contribution is -2.36. The highest BCUT2D eigenvalue weighted by Crippen LogP contribution is 2.35. The number of amidine groups is 1. The van der Waals surface area contributed by atoms with Crippen molar-refractivity contribution in [2.45, 2.75) is 26.1 Å². The van der Waals surface area contributed by atoms with Crippen LogP contribution >= 0.6 is 0 Å². The first-order valence-electron chi connectivity index (χ1n) is 4.86. The van der Waals surface area contributed by atoms with Gasteiger partial charge in [0.1, 0.15) is 17.6 Å². The molecule has 0 spiro atoms. The second-order valence-electron chi connectivity index (χ2n) is 3.95. The molecule has 1 rings (SSSR count). The molecule has 92 valence electrons. The van der Waals surface area contributed by atoms with Crippen LogP contribution in [0.4, 0.5) is 13.2 Å². The fraction of sp³-hybridized carbons (Fsp3) is 0.667. The van der Waals surface area contributed by atoms with Gasteiger partial charge in [0.15, 0.2) is 0 Å². The minimum Gasteiger partial charge on any atom is -0.385 e. The van der Waals surface area contributed by atoms with Crippen molar-refractivity contribution in [2.75, 3.05) is 6.54 Å². The first-order valence-corrected chi connectivity index (χ1v) is 4.86. The predicted molar refractivity (Wildman–Crippen MR) is 55.5 cm³/mol. The monoisotopic (exact) mass is 236 g/mol. The number of nitrogens with zero attached hydrogens (tertiary/aromatic N) is 1. The molecule has 1 aliphatic heterocycles. The zero-order valence-electron chi connectivity index (χ0n) is 9.10. The van der Waals surface area contributed by atoms with Crippen LogP contribution in [0.1, 0.15) is 13.8 Å². The molecular weight excluding hydrogens is 221 g/mol. The second kappa shape index (κ2) is 4.23. The van der Waals surface area contributed by atoms with Crippen LogP contribution in [0.3, 0.4) is 0 Å². The summed E-state index contributed by atoms with van der Waals surface area (Å²) in [6, 6.07) is -0.0604. The van der Waals surface area contributed by atoms with Crippen molar-refractivity contribution in [3.8, 4) is 0 Å². The van der Waals surface area contributed by atoms with Gasteiger partial charge >= 0.3 is 6.18 Å². The van der Waals surface area contributed by atoms with Crippen LogP contribution in [-0.2, 0) is 0 Å². The molecule has 0 aromatic heterocycles. The van der Waals surface area contributed by atoms with Crippen molar-refractivity contribution >= 4 is 5.84 Å². The van der Waals surface area contributed by atoms with E-state index in [4.69, 9.17) is 11.5 Å². The Morgan fingerprint density at radius 2 is 2.06 bits per heavy atom. The first kappa shape index (κ1) is 12.7. The Balaban J connectivity index is 3.02. The molecule has 0 saturated carbocycles. The van der Waals surface area contributed by atoms with Gasteiger partial charge in [0.2, 0.25) is 0 Å². The van der Waals surface area contributed by atoms with Crippen LogP contribution in [0.25, 0.3) is 0 Å². The van der Waals surface area contributed by atoms with Crippen LogP contribution in [0, 0.1) is 5.92 Å². The van der Waals surface area contributed by atoms with Crippen LogP contribution in [0.2, 0.25) is 0 Å². The van der Waals surface area contributed by atoms with E-state index in [9.17, 15) is 13.2 Å². The number of rotatable bonds is 2. The normalized spacial score (nSPS) is 24.6. The fourth-order valence-corrected chi connectivity index (χ4v) is 1.53. The van der Waals surface area contributed by atoms with E-state index in [1.807, 2.05) is 0 Å². The van der Waals surface area contributed by atoms with E-state index in [2.05, 4.69) is 10.3 Å². The zero-order valence-corrected chi connectivity index (χ0v) is 9.10. The molecule has 16 heavy (non-hydrogen) atoms. The summed E-state index contributed by atoms with van der Waals surface area (Å²) in [7, 11) is 0. The third-order valence-corrected chi connectivity index (χ3v) is 2.20. The van der Waals surface area contributed by atoms with Gasteiger partial charge in [-0.05, 0) is 13.8 Å².